The summed E-state index contributed by atoms with van der Waals surface area (Å²) in [4.78, 5) is 0. The monoisotopic (exact) mass is 256 g/mol. The van der Waals surface area contributed by atoms with E-state index in [1.807, 2.05) is 0 Å². The molecule has 0 radical (unpaired) electrons. The minimum atomic E-state index is 0.756. The molecule has 110 valence electrons. The Morgan fingerprint density at radius 3 is 1.89 bits per heavy atom. The van der Waals surface area contributed by atoms with Gasteiger partial charge < -0.3 is 11.1 Å². The first kappa shape index (κ1) is 17.9. The summed E-state index contributed by atoms with van der Waals surface area (Å²) < 4.78 is 0. The number of rotatable bonds is 14. The summed E-state index contributed by atoms with van der Waals surface area (Å²) in [6.45, 7) is 6.64. The Kier molecular flexibility index (Phi) is 14.9. The molecule has 0 amide bonds. The molecule has 0 aromatic rings. The van der Waals surface area contributed by atoms with Gasteiger partial charge >= 0.3 is 0 Å². The zero-order valence-corrected chi connectivity index (χ0v) is 12.8. The molecular formula is C16H36N2. The third-order valence-corrected chi connectivity index (χ3v) is 3.69. The van der Waals surface area contributed by atoms with E-state index in [0.29, 0.717) is 0 Å². The molecule has 3 N–H and O–H groups in total. The molecule has 0 saturated carbocycles. The molecule has 0 aromatic heterocycles. The van der Waals surface area contributed by atoms with Crippen LogP contribution >= 0.6 is 0 Å². The Hall–Kier alpha value is -0.0800. The van der Waals surface area contributed by atoms with Crippen LogP contribution in [0.5, 0.6) is 0 Å². The minimum Gasteiger partial charge on any atom is -0.330 e. The molecule has 18 heavy (non-hydrogen) atoms. The number of hydrogen-bond donors (Lipinski definition) is 2. The van der Waals surface area contributed by atoms with Crippen molar-refractivity contribution in [3.63, 3.8) is 0 Å². The van der Waals surface area contributed by atoms with Gasteiger partial charge in [0.1, 0.15) is 0 Å². The molecule has 2 nitrogen and oxygen atoms in total. The highest BCUT2D eigenvalue weighted by Crippen LogP contribution is 2.08. The quantitative estimate of drug-likeness (QED) is 0.456. The number of unbranched alkanes of at least 4 members (excludes halogenated alkanes) is 7. The van der Waals surface area contributed by atoms with E-state index in [0.717, 1.165) is 12.6 Å². The van der Waals surface area contributed by atoms with E-state index in [2.05, 4.69) is 19.2 Å². The Morgan fingerprint density at radius 1 is 0.833 bits per heavy atom. The molecule has 0 aliphatic rings. The Bertz CT molecular complexity index is 148. The van der Waals surface area contributed by atoms with Crippen molar-refractivity contribution in [3.8, 4) is 0 Å². The van der Waals surface area contributed by atoms with Crippen LogP contribution in [0.3, 0.4) is 0 Å². The molecule has 1 unspecified atom stereocenters. The summed E-state index contributed by atoms with van der Waals surface area (Å²) in [5.74, 6) is 0. The molecule has 0 aromatic carbocycles. The van der Waals surface area contributed by atoms with E-state index in [1.54, 1.807) is 0 Å². The van der Waals surface area contributed by atoms with Crippen LogP contribution in [0.2, 0.25) is 0 Å². The number of nitrogens with one attached hydrogen (secondary N) is 1. The van der Waals surface area contributed by atoms with Gasteiger partial charge in [0.25, 0.3) is 0 Å². The normalized spacial score (nSPS) is 12.8. The van der Waals surface area contributed by atoms with E-state index < -0.39 is 0 Å². The second kappa shape index (κ2) is 15.0. The van der Waals surface area contributed by atoms with E-state index in [-0.39, 0.29) is 0 Å². The molecule has 0 heterocycles. The van der Waals surface area contributed by atoms with Gasteiger partial charge in [0.2, 0.25) is 0 Å². The van der Waals surface area contributed by atoms with Crippen molar-refractivity contribution in [2.75, 3.05) is 13.1 Å². The van der Waals surface area contributed by atoms with Crippen molar-refractivity contribution in [3.05, 3.63) is 0 Å². The topological polar surface area (TPSA) is 38.0 Å². The second-order valence-electron chi connectivity index (χ2n) is 5.47. The highest BCUT2D eigenvalue weighted by Gasteiger charge is 2.02. The van der Waals surface area contributed by atoms with Gasteiger partial charge in [-0.25, -0.2) is 0 Å². The first-order valence-electron chi connectivity index (χ1n) is 8.28. The van der Waals surface area contributed by atoms with Crippen molar-refractivity contribution in [1.82, 2.24) is 5.32 Å². The van der Waals surface area contributed by atoms with E-state index in [9.17, 15) is 0 Å². The maximum atomic E-state index is 5.47. The largest absolute Gasteiger partial charge is 0.330 e. The first-order valence-corrected chi connectivity index (χ1v) is 8.28. The van der Waals surface area contributed by atoms with Crippen molar-refractivity contribution in [1.29, 1.82) is 0 Å². The first-order chi connectivity index (χ1) is 8.85. The van der Waals surface area contributed by atoms with Gasteiger partial charge in [-0.1, -0.05) is 58.8 Å². The predicted molar refractivity (Wildman–Crippen MR) is 83.0 cm³/mol. The van der Waals surface area contributed by atoms with E-state index in [4.69, 9.17) is 5.73 Å². The summed E-state index contributed by atoms with van der Waals surface area (Å²) in [5.41, 5.74) is 5.47. The van der Waals surface area contributed by atoms with Gasteiger partial charge in [0.15, 0.2) is 0 Å². The number of hydrogen-bond acceptors (Lipinski definition) is 2. The van der Waals surface area contributed by atoms with Gasteiger partial charge in [-0.3, -0.25) is 0 Å². The molecule has 0 saturated heterocycles. The lowest BCUT2D eigenvalue weighted by atomic mass is 10.1. The lowest BCUT2D eigenvalue weighted by Crippen LogP contribution is -2.29. The molecule has 0 aliphatic carbocycles. The van der Waals surface area contributed by atoms with Crippen molar-refractivity contribution in [2.24, 2.45) is 5.73 Å². The van der Waals surface area contributed by atoms with Gasteiger partial charge in [-0.2, -0.15) is 0 Å². The van der Waals surface area contributed by atoms with Crippen molar-refractivity contribution in [2.45, 2.75) is 90.5 Å². The third-order valence-electron chi connectivity index (χ3n) is 3.69. The zero-order chi connectivity index (χ0) is 13.5. The van der Waals surface area contributed by atoms with Gasteiger partial charge in [0.05, 0.1) is 0 Å². The van der Waals surface area contributed by atoms with Crippen LogP contribution in [0.4, 0.5) is 0 Å². The molecule has 0 bridgehead atoms. The van der Waals surface area contributed by atoms with E-state index in [1.165, 1.54) is 77.2 Å². The SMILES string of the molecule is CCCC(CC)NCCCCCCCCCCN. The fourth-order valence-electron chi connectivity index (χ4n) is 2.44. The smallest absolute Gasteiger partial charge is 0.00643 e. The Morgan fingerprint density at radius 2 is 1.39 bits per heavy atom. The van der Waals surface area contributed by atoms with Crippen LogP contribution in [-0.2, 0) is 0 Å². The fourth-order valence-corrected chi connectivity index (χ4v) is 2.44. The van der Waals surface area contributed by atoms with Crippen LogP contribution in [0.1, 0.15) is 84.5 Å². The molecular weight excluding hydrogens is 220 g/mol. The third kappa shape index (κ3) is 12.4. The second-order valence-corrected chi connectivity index (χ2v) is 5.47. The van der Waals surface area contributed by atoms with Crippen LogP contribution < -0.4 is 11.1 Å². The fraction of sp³-hybridized carbons (Fsp3) is 1.00. The van der Waals surface area contributed by atoms with Gasteiger partial charge in [0, 0.05) is 6.04 Å². The molecule has 0 aliphatic heterocycles. The van der Waals surface area contributed by atoms with Crippen LogP contribution in [-0.4, -0.2) is 19.1 Å². The Labute approximate surface area is 115 Å². The maximum absolute atomic E-state index is 5.47. The maximum Gasteiger partial charge on any atom is 0.00643 e. The van der Waals surface area contributed by atoms with Gasteiger partial charge in [-0.15, -0.1) is 0 Å². The summed E-state index contributed by atoms with van der Waals surface area (Å²) in [6, 6.07) is 0.756. The zero-order valence-electron chi connectivity index (χ0n) is 12.8. The van der Waals surface area contributed by atoms with Crippen LogP contribution in [0.15, 0.2) is 0 Å². The predicted octanol–water partition coefficient (Wildman–Crippen LogP) is 4.23. The summed E-state index contributed by atoms with van der Waals surface area (Å²) in [7, 11) is 0. The Balaban J connectivity index is 3.10. The highest BCUT2D eigenvalue weighted by atomic mass is 14.9. The standard InChI is InChI=1S/C16H36N2/c1-3-13-16(4-2)18-15-12-10-8-6-5-7-9-11-14-17/h16,18H,3-15,17H2,1-2H3. The van der Waals surface area contributed by atoms with Crippen molar-refractivity contribution < 1.29 is 0 Å². The minimum absolute atomic E-state index is 0.756. The average molecular weight is 256 g/mol. The van der Waals surface area contributed by atoms with Gasteiger partial charge in [-0.05, 0) is 38.8 Å². The summed E-state index contributed by atoms with van der Waals surface area (Å²) >= 11 is 0. The summed E-state index contributed by atoms with van der Waals surface area (Å²) in [6.07, 6.45) is 14.8. The molecule has 0 rings (SSSR count). The summed E-state index contributed by atoms with van der Waals surface area (Å²) in [5, 5.41) is 3.68. The lowest BCUT2D eigenvalue weighted by molar-refractivity contribution is 0.450. The molecule has 2 heteroatoms. The van der Waals surface area contributed by atoms with Crippen LogP contribution in [0, 0.1) is 0 Å². The molecule has 0 fully saturated rings. The highest BCUT2D eigenvalue weighted by molar-refractivity contribution is 4.63. The van der Waals surface area contributed by atoms with Crippen molar-refractivity contribution >= 4 is 0 Å². The van der Waals surface area contributed by atoms with E-state index >= 15 is 0 Å². The molecule has 1 atom stereocenters. The molecule has 0 spiro atoms. The lowest BCUT2D eigenvalue weighted by Gasteiger charge is -2.15. The van der Waals surface area contributed by atoms with Crippen LogP contribution in [0.25, 0.3) is 0 Å². The number of nitrogens with two attached hydrogens (primary N) is 1. The average Bonchev–Trinajstić information content (AvgIpc) is 2.39.